The molecule has 0 amide bonds. The highest BCUT2D eigenvalue weighted by Crippen LogP contribution is 2.22. The maximum absolute atomic E-state index is 6.05. The molecule has 0 bridgehead atoms. The summed E-state index contributed by atoms with van der Waals surface area (Å²) in [5, 5.41) is 0. The van der Waals surface area contributed by atoms with Gasteiger partial charge in [0.05, 0.1) is 16.7 Å². The predicted octanol–water partition coefficient (Wildman–Crippen LogP) is 3.61. The second-order valence-corrected chi connectivity index (χ2v) is 5.60. The van der Waals surface area contributed by atoms with E-state index in [1.807, 2.05) is 24.5 Å². The molecule has 1 unspecified atom stereocenters. The first-order valence-corrected chi connectivity index (χ1v) is 7.46. The number of aromatic nitrogens is 2. The number of hydrogen-bond donors (Lipinski definition) is 1. The van der Waals surface area contributed by atoms with Crippen molar-refractivity contribution in [3.05, 3.63) is 59.9 Å². The molecule has 3 rings (SSSR count). The Labute approximate surface area is 125 Å². The highest BCUT2D eigenvalue weighted by Gasteiger charge is 2.08. The zero-order valence-corrected chi connectivity index (χ0v) is 12.6. The largest absolute Gasteiger partial charge is 0.327 e. The molecule has 1 heterocycles. The predicted molar refractivity (Wildman–Crippen MR) is 87.8 cm³/mol. The van der Waals surface area contributed by atoms with Crippen molar-refractivity contribution in [1.29, 1.82) is 0 Å². The zero-order chi connectivity index (χ0) is 14.8. The molecule has 3 aromatic rings. The van der Waals surface area contributed by atoms with Crippen molar-refractivity contribution in [3.8, 4) is 5.69 Å². The van der Waals surface area contributed by atoms with Crippen molar-refractivity contribution in [3.63, 3.8) is 0 Å². The van der Waals surface area contributed by atoms with Crippen molar-refractivity contribution in [2.75, 3.05) is 0 Å². The fourth-order valence-corrected chi connectivity index (χ4v) is 2.71. The van der Waals surface area contributed by atoms with Gasteiger partial charge in [0.15, 0.2) is 0 Å². The third-order valence-corrected chi connectivity index (χ3v) is 4.00. The van der Waals surface area contributed by atoms with Crippen LogP contribution in [0, 0.1) is 6.92 Å². The Kier molecular flexibility index (Phi) is 3.76. The van der Waals surface area contributed by atoms with E-state index in [1.165, 1.54) is 16.8 Å². The van der Waals surface area contributed by atoms with Crippen LogP contribution in [0.1, 0.15) is 24.5 Å². The van der Waals surface area contributed by atoms with Gasteiger partial charge in [0, 0.05) is 6.04 Å². The van der Waals surface area contributed by atoms with Crippen LogP contribution in [0.15, 0.2) is 48.8 Å². The summed E-state index contributed by atoms with van der Waals surface area (Å²) < 4.78 is 2.15. The van der Waals surface area contributed by atoms with Crippen LogP contribution in [-0.2, 0) is 6.42 Å². The van der Waals surface area contributed by atoms with Crippen LogP contribution in [0.2, 0.25) is 0 Å². The summed E-state index contributed by atoms with van der Waals surface area (Å²) in [5.74, 6) is 0. The van der Waals surface area contributed by atoms with Crippen LogP contribution >= 0.6 is 0 Å². The van der Waals surface area contributed by atoms with Crippen molar-refractivity contribution >= 4 is 11.0 Å². The first-order valence-electron chi connectivity index (χ1n) is 7.46. The number of imidazole rings is 1. The van der Waals surface area contributed by atoms with Crippen molar-refractivity contribution < 1.29 is 0 Å². The molecule has 108 valence electrons. The first kappa shape index (κ1) is 13.8. The van der Waals surface area contributed by atoms with Crippen LogP contribution in [0.4, 0.5) is 0 Å². The molecule has 21 heavy (non-hydrogen) atoms. The fraction of sp³-hybridized carbons (Fsp3) is 0.278. The van der Waals surface area contributed by atoms with E-state index >= 15 is 0 Å². The van der Waals surface area contributed by atoms with Gasteiger partial charge in [-0.25, -0.2) is 4.98 Å². The van der Waals surface area contributed by atoms with Crippen LogP contribution in [0.3, 0.4) is 0 Å². The number of hydrogen-bond acceptors (Lipinski definition) is 2. The quantitative estimate of drug-likeness (QED) is 0.792. The molecule has 0 aliphatic rings. The van der Waals surface area contributed by atoms with Gasteiger partial charge in [-0.05, 0) is 49.1 Å². The molecule has 2 N–H and O–H groups in total. The normalized spacial score (nSPS) is 12.7. The molecule has 0 aliphatic carbocycles. The highest BCUT2D eigenvalue weighted by molar-refractivity contribution is 5.77. The summed E-state index contributed by atoms with van der Waals surface area (Å²) in [7, 11) is 0. The highest BCUT2D eigenvalue weighted by atomic mass is 15.0. The van der Waals surface area contributed by atoms with Crippen molar-refractivity contribution in [2.45, 2.75) is 32.7 Å². The molecule has 0 spiro atoms. The number of benzene rings is 2. The Hall–Kier alpha value is -2.13. The van der Waals surface area contributed by atoms with Gasteiger partial charge in [0.25, 0.3) is 0 Å². The number of rotatable bonds is 4. The molecule has 1 atom stereocenters. The fourth-order valence-electron chi connectivity index (χ4n) is 2.71. The van der Waals surface area contributed by atoms with Gasteiger partial charge in [0.2, 0.25) is 0 Å². The standard InChI is InChI=1S/C18H21N3/c1-3-15(19)11-14-8-9-17(13(2)10-14)21-12-20-16-6-4-5-7-18(16)21/h4-10,12,15H,3,11,19H2,1-2H3. The van der Waals surface area contributed by atoms with Gasteiger partial charge in [0.1, 0.15) is 6.33 Å². The minimum Gasteiger partial charge on any atom is -0.327 e. The van der Waals surface area contributed by atoms with Crippen LogP contribution in [0.25, 0.3) is 16.7 Å². The molecule has 0 saturated carbocycles. The third kappa shape index (κ3) is 2.69. The average Bonchev–Trinajstić information content (AvgIpc) is 2.91. The lowest BCUT2D eigenvalue weighted by Gasteiger charge is -2.13. The monoisotopic (exact) mass is 279 g/mol. The number of nitrogens with two attached hydrogens (primary N) is 1. The maximum Gasteiger partial charge on any atom is 0.100 e. The Balaban J connectivity index is 1.99. The van der Waals surface area contributed by atoms with Crippen LogP contribution in [-0.4, -0.2) is 15.6 Å². The Bertz CT molecular complexity index is 758. The zero-order valence-electron chi connectivity index (χ0n) is 12.6. The van der Waals surface area contributed by atoms with Crippen molar-refractivity contribution in [2.24, 2.45) is 5.73 Å². The lowest BCUT2D eigenvalue weighted by atomic mass is 10.0. The van der Waals surface area contributed by atoms with Crippen LogP contribution in [0.5, 0.6) is 0 Å². The molecule has 0 radical (unpaired) electrons. The average molecular weight is 279 g/mol. The number of fused-ring (bicyclic) bond motifs is 1. The minimum absolute atomic E-state index is 0.240. The summed E-state index contributed by atoms with van der Waals surface area (Å²) in [6.45, 7) is 4.27. The Morgan fingerprint density at radius 1 is 1.19 bits per heavy atom. The number of nitrogens with zero attached hydrogens (tertiary/aromatic N) is 2. The van der Waals surface area contributed by atoms with E-state index in [4.69, 9.17) is 5.73 Å². The maximum atomic E-state index is 6.05. The Morgan fingerprint density at radius 2 is 2.00 bits per heavy atom. The molecule has 3 nitrogen and oxygen atoms in total. The van der Waals surface area contributed by atoms with Gasteiger partial charge in [-0.15, -0.1) is 0 Å². The lowest BCUT2D eigenvalue weighted by Crippen LogP contribution is -2.21. The minimum atomic E-state index is 0.240. The van der Waals surface area contributed by atoms with E-state index in [1.54, 1.807) is 0 Å². The van der Waals surface area contributed by atoms with E-state index < -0.39 is 0 Å². The van der Waals surface area contributed by atoms with E-state index in [9.17, 15) is 0 Å². The summed E-state index contributed by atoms with van der Waals surface area (Å²) in [6.07, 6.45) is 3.83. The molecule has 3 heteroatoms. The van der Waals surface area contributed by atoms with Gasteiger partial charge < -0.3 is 5.73 Å². The van der Waals surface area contributed by atoms with Crippen LogP contribution < -0.4 is 5.73 Å². The number of para-hydroxylation sites is 2. The molecule has 0 saturated heterocycles. The van der Waals surface area contributed by atoms with Crippen molar-refractivity contribution in [1.82, 2.24) is 9.55 Å². The summed E-state index contributed by atoms with van der Waals surface area (Å²) in [6, 6.07) is 15.0. The first-order chi connectivity index (χ1) is 10.2. The van der Waals surface area contributed by atoms with Gasteiger partial charge >= 0.3 is 0 Å². The summed E-state index contributed by atoms with van der Waals surface area (Å²) in [4.78, 5) is 4.46. The molecule has 1 aromatic heterocycles. The van der Waals surface area contributed by atoms with E-state index in [0.29, 0.717) is 0 Å². The van der Waals surface area contributed by atoms with Gasteiger partial charge in [-0.2, -0.15) is 0 Å². The summed E-state index contributed by atoms with van der Waals surface area (Å²) in [5.41, 5.74) is 11.9. The Morgan fingerprint density at radius 3 is 2.76 bits per heavy atom. The third-order valence-electron chi connectivity index (χ3n) is 4.00. The molecule has 0 aliphatic heterocycles. The SMILES string of the molecule is CCC(N)Cc1ccc(-n2cnc3ccccc32)c(C)c1. The van der Waals surface area contributed by atoms with E-state index in [2.05, 4.69) is 47.7 Å². The number of aryl methyl sites for hydroxylation is 1. The second-order valence-electron chi connectivity index (χ2n) is 5.60. The smallest absolute Gasteiger partial charge is 0.100 e. The van der Waals surface area contributed by atoms with E-state index in [-0.39, 0.29) is 6.04 Å². The lowest BCUT2D eigenvalue weighted by molar-refractivity contribution is 0.646. The molecular formula is C18H21N3. The van der Waals surface area contributed by atoms with Gasteiger partial charge in [-0.1, -0.05) is 31.2 Å². The summed E-state index contributed by atoms with van der Waals surface area (Å²) >= 11 is 0. The molecule has 2 aromatic carbocycles. The van der Waals surface area contributed by atoms with Gasteiger partial charge in [-0.3, -0.25) is 4.57 Å². The topological polar surface area (TPSA) is 43.8 Å². The van der Waals surface area contributed by atoms with E-state index in [0.717, 1.165) is 23.9 Å². The molecule has 0 fully saturated rings. The second kappa shape index (κ2) is 5.70. The molecular weight excluding hydrogens is 258 g/mol.